The van der Waals surface area contributed by atoms with Gasteiger partial charge in [-0.1, -0.05) is 32.9 Å². The number of hydrogen-bond donors (Lipinski definition) is 2. The standard InChI is InChI=1S/C24H31N5O2/c1-24(2,3)22(27-23(30)31)21-17(26-19-12-5-6-14-29(19)21)15-28(4)18-11-7-9-16-10-8-13-25-20(16)18/h5-6,8,10,12-14,18,22,27H,7,9,11,15H2,1-4H3,(H,30,31)/t18-,22?/m0/s1. The van der Waals surface area contributed by atoms with Gasteiger partial charge in [0.2, 0.25) is 0 Å². The van der Waals surface area contributed by atoms with E-state index in [9.17, 15) is 9.90 Å². The monoisotopic (exact) mass is 421 g/mol. The maximum atomic E-state index is 11.6. The van der Waals surface area contributed by atoms with Gasteiger partial charge in [0.25, 0.3) is 0 Å². The molecule has 164 valence electrons. The van der Waals surface area contributed by atoms with Gasteiger partial charge in [-0.3, -0.25) is 9.88 Å². The second kappa shape index (κ2) is 8.30. The van der Waals surface area contributed by atoms with Crippen LogP contribution in [0.4, 0.5) is 4.79 Å². The molecule has 2 atom stereocenters. The average Bonchev–Trinajstić information content (AvgIpc) is 3.08. The number of imidazole rings is 1. The summed E-state index contributed by atoms with van der Waals surface area (Å²) in [6.07, 6.45) is 6.06. The van der Waals surface area contributed by atoms with Crippen LogP contribution in [0.5, 0.6) is 0 Å². The molecule has 0 fully saturated rings. The van der Waals surface area contributed by atoms with Gasteiger partial charge in [-0.2, -0.15) is 0 Å². The van der Waals surface area contributed by atoms with Gasteiger partial charge >= 0.3 is 6.09 Å². The molecule has 0 radical (unpaired) electrons. The third kappa shape index (κ3) is 4.28. The number of amides is 1. The van der Waals surface area contributed by atoms with Crippen molar-refractivity contribution in [3.63, 3.8) is 0 Å². The predicted octanol–water partition coefficient (Wildman–Crippen LogP) is 4.59. The highest BCUT2D eigenvalue weighted by Crippen LogP contribution is 2.37. The number of rotatable bonds is 5. The molecule has 7 nitrogen and oxygen atoms in total. The number of nitrogens with zero attached hydrogens (tertiary/aromatic N) is 4. The molecule has 0 bridgehead atoms. The third-order valence-electron chi connectivity index (χ3n) is 6.15. The van der Waals surface area contributed by atoms with Gasteiger partial charge in [-0.25, -0.2) is 9.78 Å². The highest BCUT2D eigenvalue weighted by molar-refractivity contribution is 5.65. The minimum absolute atomic E-state index is 0.225. The fraction of sp³-hybridized carbons (Fsp3) is 0.458. The van der Waals surface area contributed by atoms with E-state index in [2.05, 4.69) is 28.3 Å². The molecule has 3 aromatic rings. The van der Waals surface area contributed by atoms with Crippen molar-refractivity contribution in [2.45, 2.75) is 58.7 Å². The second-order valence-electron chi connectivity index (χ2n) is 9.49. The Hall–Kier alpha value is -2.93. The topological polar surface area (TPSA) is 82.8 Å². The van der Waals surface area contributed by atoms with Crippen LogP contribution in [0.25, 0.3) is 5.65 Å². The summed E-state index contributed by atoms with van der Waals surface area (Å²) in [6, 6.07) is 9.87. The molecule has 0 aromatic carbocycles. The first-order valence-electron chi connectivity index (χ1n) is 10.8. The normalized spacial score (nSPS) is 17.5. The summed E-state index contributed by atoms with van der Waals surface area (Å²) in [5.41, 5.74) is 4.76. The van der Waals surface area contributed by atoms with Crippen molar-refractivity contribution >= 4 is 11.7 Å². The number of carbonyl (C=O) groups is 1. The van der Waals surface area contributed by atoms with Crippen LogP contribution in [0.2, 0.25) is 0 Å². The Bertz CT molecular complexity index is 1090. The molecule has 31 heavy (non-hydrogen) atoms. The maximum absolute atomic E-state index is 11.6. The van der Waals surface area contributed by atoms with Gasteiger partial charge in [0, 0.05) is 18.9 Å². The zero-order valence-electron chi connectivity index (χ0n) is 18.7. The maximum Gasteiger partial charge on any atom is 0.405 e. The van der Waals surface area contributed by atoms with Crippen molar-refractivity contribution in [3.8, 4) is 0 Å². The van der Waals surface area contributed by atoms with Gasteiger partial charge in [0.1, 0.15) is 5.65 Å². The Morgan fingerprint density at radius 3 is 2.87 bits per heavy atom. The quantitative estimate of drug-likeness (QED) is 0.629. The molecule has 0 saturated heterocycles. The first-order chi connectivity index (χ1) is 14.8. The Morgan fingerprint density at radius 1 is 1.32 bits per heavy atom. The molecule has 0 aliphatic heterocycles. The lowest BCUT2D eigenvalue weighted by molar-refractivity contribution is 0.172. The van der Waals surface area contributed by atoms with Crippen LogP contribution in [0, 0.1) is 5.41 Å². The first kappa shape index (κ1) is 21.3. The number of aryl methyl sites for hydroxylation is 1. The van der Waals surface area contributed by atoms with Gasteiger partial charge in [-0.05, 0) is 55.5 Å². The van der Waals surface area contributed by atoms with Crippen LogP contribution in [0.3, 0.4) is 0 Å². The van der Waals surface area contributed by atoms with Crippen LogP contribution in [-0.2, 0) is 13.0 Å². The second-order valence-corrected chi connectivity index (χ2v) is 9.49. The number of fused-ring (bicyclic) bond motifs is 2. The van der Waals surface area contributed by atoms with Crippen LogP contribution in [-0.4, -0.2) is 37.5 Å². The Labute approximate surface area is 183 Å². The van der Waals surface area contributed by atoms with E-state index in [1.807, 2.05) is 61.8 Å². The van der Waals surface area contributed by atoms with Crippen molar-refractivity contribution in [3.05, 3.63) is 65.4 Å². The molecule has 1 unspecified atom stereocenters. The van der Waals surface area contributed by atoms with E-state index in [1.165, 1.54) is 5.56 Å². The van der Waals surface area contributed by atoms with Crippen LogP contribution >= 0.6 is 0 Å². The van der Waals surface area contributed by atoms with E-state index in [0.29, 0.717) is 6.54 Å². The summed E-state index contributed by atoms with van der Waals surface area (Å²) in [6.45, 7) is 6.76. The minimum Gasteiger partial charge on any atom is -0.465 e. The number of aromatic nitrogens is 3. The van der Waals surface area contributed by atoms with Gasteiger partial charge < -0.3 is 14.8 Å². The smallest absolute Gasteiger partial charge is 0.405 e. The summed E-state index contributed by atoms with van der Waals surface area (Å²) in [5, 5.41) is 12.3. The molecule has 2 N–H and O–H groups in total. The SMILES string of the molecule is CN(Cc1nc2ccccn2c1C(NC(=O)O)C(C)(C)C)[C@H]1CCCc2cccnc21. The number of nitrogens with one attached hydrogen (secondary N) is 1. The molecule has 7 heteroatoms. The molecule has 1 aliphatic carbocycles. The largest absolute Gasteiger partial charge is 0.465 e. The zero-order chi connectivity index (χ0) is 22.2. The molecule has 0 spiro atoms. The lowest BCUT2D eigenvalue weighted by Crippen LogP contribution is -2.37. The highest BCUT2D eigenvalue weighted by Gasteiger charge is 2.34. The lowest BCUT2D eigenvalue weighted by atomic mass is 9.84. The fourth-order valence-electron chi connectivity index (χ4n) is 4.66. The van der Waals surface area contributed by atoms with E-state index in [0.717, 1.165) is 42.0 Å². The molecular formula is C24H31N5O2. The summed E-state index contributed by atoms with van der Waals surface area (Å²) < 4.78 is 2.02. The molecule has 1 amide bonds. The van der Waals surface area contributed by atoms with Crippen molar-refractivity contribution in [1.82, 2.24) is 24.6 Å². The Balaban J connectivity index is 1.75. The minimum atomic E-state index is -1.03. The molecule has 0 saturated carbocycles. The van der Waals surface area contributed by atoms with Crippen molar-refractivity contribution in [1.29, 1.82) is 0 Å². The van der Waals surface area contributed by atoms with E-state index < -0.39 is 12.1 Å². The number of carboxylic acid groups (broad SMARTS) is 1. The average molecular weight is 422 g/mol. The van der Waals surface area contributed by atoms with Crippen molar-refractivity contribution < 1.29 is 9.90 Å². The fourth-order valence-corrected chi connectivity index (χ4v) is 4.66. The molecular weight excluding hydrogens is 390 g/mol. The lowest BCUT2D eigenvalue weighted by Gasteiger charge is -2.34. The summed E-state index contributed by atoms with van der Waals surface area (Å²) in [4.78, 5) is 23.5. The molecule has 4 rings (SSSR count). The van der Waals surface area contributed by atoms with Crippen LogP contribution in [0.1, 0.15) is 68.3 Å². The highest BCUT2D eigenvalue weighted by atomic mass is 16.4. The van der Waals surface area contributed by atoms with Gasteiger partial charge in [-0.15, -0.1) is 0 Å². The predicted molar refractivity (Wildman–Crippen MR) is 120 cm³/mol. The first-order valence-corrected chi connectivity index (χ1v) is 10.8. The number of pyridine rings is 2. The van der Waals surface area contributed by atoms with Gasteiger partial charge in [0.15, 0.2) is 0 Å². The van der Waals surface area contributed by atoms with E-state index >= 15 is 0 Å². The summed E-state index contributed by atoms with van der Waals surface area (Å²) >= 11 is 0. The van der Waals surface area contributed by atoms with Crippen molar-refractivity contribution in [2.75, 3.05) is 7.05 Å². The summed E-state index contributed by atoms with van der Waals surface area (Å²) in [5.74, 6) is 0. The third-order valence-corrected chi connectivity index (χ3v) is 6.15. The molecule has 1 aliphatic rings. The van der Waals surface area contributed by atoms with Crippen LogP contribution < -0.4 is 5.32 Å². The van der Waals surface area contributed by atoms with Gasteiger partial charge in [0.05, 0.1) is 29.2 Å². The van der Waals surface area contributed by atoms with E-state index in [-0.39, 0.29) is 11.5 Å². The van der Waals surface area contributed by atoms with E-state index in [1.54, 1.807) is 0 Å². The Morgan fingerprint density at radius 2 is 2.13 bits per heavy atom. The number of hydrogen-bond acceptors (Lipinski definition) is 4. The summed E-state index contributed by atoms with van der Waals surface area (Å²) in [7, 11) is 2.11. The molecule has 3 aromatic heterocycles. The van der Waals surface area contributed by atoms with Crippen molar-refractivity contribution in [2.24, 2.45) is 5.41 Å². The zero-order valence-corrected chi connectivity index (χ0v) is 18.7. The molecule has 3 heterocycles. The Kier molecular flexibility index (Phi) is 5.71. The van der Waals surface area contributed by atoms with E-state index in [4.69, 9.17) is 4.98 Å². The van der Waals surface area contributed by atoms with Crippen LogP contribution in [0.15, 0.2) is 42.7 Å².